The van der Waals surface area contributed by atoms with E-state index in [1.165, 1.54) is 0 Å². The van der Waals surface area contributed by atoms with Crippen molar-refractivity contribution < 1.29 is 14.3 Å². The Morgan fingerprint density at radius 3 is 2.75 bits per heavy atom. The molecule has 0 aromatic heterocycles. The Kier molecular flexibility index (Phi) is 3.48. The predicted octanol–water partition coefficient (Wildman–Crippen LogP) is 2.05. The molecule has 3 amide bonds. The monoisotopic (exact) mass is 280 g/mol. The highest BCUT2D eigenvalue weighted by atomic mass is 16.5. The van der Waals surface area contributed by atoms with E-state index in [4.69, 9.17) is 4.74 Å². The minimum absolute atomic E-state index is 0.0794. The first-order valence-electron chi connectivity index (χ1n) is 7.80. The quantitative estimate of drug-likeness (QED) is 0.788. The van der Waals surface area contributed by atoms with E-state index in [0.717, 1.165) is 38.5 Å². The van der Waals surface area contributed by atoms with Crippen LogP contribution >= 0.6 is 0 Å². The summed E-state index contributed by atoms with van der Waals surface area (Å²) in [6.45, 7) is 4.78. The third-order valence-corrected chi connectivity index (χ3v) is 5.08. The number of nitrogens with one attached hydrogen (secondary N) is 1. The average molecular weight is 280 g/mol. The lowest BCUT2D eigenvalue weighted by Gasteiger charge is -2.41. The van der Waals surface area contributed by atoms with Crippen LogP contribution in [0.4, 0.5) is 4.79 Å². The van der Waals surface area contributed by atoms with Crippen LogP contribution in [0.15, 0.2) is 0 Å². The molecule has 1 aliphatic carbocycles. The number of ether oxygens (including phenoxy) is 1. The summed E-state index contributed by atoms with van der Waals surface area (Å²) in [6, 6.07) is -0.229. The van der Waals surface area contributed by atoms with Crippen LogP contribution in [0, 0.1) is 5.92 Å². The van der Waals surface area contributed by atoms with Gasteiger partial charge in [-0.2, -0.15) is 0 Å². The summed E-state index contributed by atoms with van der Waals surface area (Å²) in [5, 5.41) is 2.53. The zero-order chi connectivity index (χ0) is 14.3. The van der Waals surface area contributed by atoms with Gasteiger partial charge in [-0.05, 0) is 38.5 Å². The maximum Gasteiger partial charge on any atom is 0.325 e. The Bertz CT molecular complexity index is 425. The zero-order valence-electron chi connectivity index (χ0n) is 12.4. The van der Waals surface area contributed by atoms with Crippen LogP contribution < -0.4 is 5.32 Å². The Hall–Kier alpha value is -1.10. The van der Waals surface area contributed by atoms with Crippen LogP contribution in [0.25, 0.3) is 0 Å². The largest absolute Gasteiger partial charge is 0.373 e. The Morgan fingerprint density at radius 2 is 2.10 bits per heavy atom. The van der Waals surface area contributed by atoms with Crippen molar-refractivity contribution in [3.63, 3.8) is 0 Å². The van der Waals surface area contributed by atoms with Crippen molar-refractivity contribution in [3.05, 3.63) is 0 Å². The van der Waals surface area contributed by atoms with Gasteiger partial charge in [-0.25, -0.2) is 4.79 Å². The van der Waals surface area contributed by atoms with Crippen molar-refractivity contribution in [1.82, 2.24) is 10.2 Å². The van der Waals surface area contributed by atoms with Crippen LogP contribution in [0.5, 0.6) is 0 Å². The Morgan fingerprint density at radius 1 is 1.30 bits per heavy atom. The molecule has 1 saturated carbocycles. The van der Waals surface area contributed by atoms with E-state index in [-0.39, 0.29) is 24.1 Å². The smallest absolute Gasteiger partial charge is 0.325 e. The normalized spacial score (nSPS) is 41.5. The molecule has 4 unspecified atom stereocenters. The number of rotatable bonds is 2. The molecule has 3 rings (SSSR count). The summed E-state index contributed by atoms with van der Waals surface area (Å²) in [7, 11) is 0. The third kappa shape index (κ3) is 2.22. The second kappa shape index (κ2) is 5.02. The van der Waals surface area contributed by atoms with E-state index < -0.39 is 5.54 Å². The molecule has 0 bridgehead atoms. The molecule has 0 aromatic rings. The van der Waals surface area contributed by atoms with Crippen LogP contribution in [-0.4, -0.2) is 41.1 Å². The number of hydrogen-bond acceptors (Lipinski definition) is 3. The van der Waals surface area contributed by atoms with Crippen LogP contribution in [0.3, 0.4) is 0 Å². The minimum atomic E-state index is -0.607. The lowest BCUT2D eigenvalue weighted by molar-refractivity contribution is -0.129. The second-order valence-corrected chi connectivity index (χ2v) is 6.75. The molecule has 0 radical (unpaired) electrons. The molecular weight excluding hydrogens is 256 g/mol. The molecule has 1 N–H and O–H groups in total. The summed E-state index contributed by atoms with van der Waals surface area (Å²) in [4.78, 5) is 26.3. The fraction of sp³-hybridized carbons (Fsp3) is 0.867. The molecule has 3 aliphatic rings. The Labute approximate surface area is 120 Å². The average Bonchev–Trinajstić information content (AvgIpc) is 2.88. The van der Waals surface area contributed by atoms with Gasteiger partial charge in [-0.1, -0.05) is 19.8 Å². The fourth-order valence-corrected chi connectivity index (χ4v) is 4.05. The SMILES string of the molecule is CC1CCCC2(C1)C(=O)NC(=O)N2CC1CCC(C)O1. The second-order valence-electron chi connectivity index (χ2n) is 6.75. The van der Waals surface area contributed by atoms with Gasteiger partial charge in [-0.15, -0.1) is 0 Å². The molecule has 2 aliphatic heterocycles. The maximum absolute atomic E-state index is 12.3. The van der Waals surface area contributed by atoms with E-state index in [1.54, 1.807) is 4.90 Å². The molecule has 20 heavy (non-hydrogen) atoms. The summed E-state index contributed by atoms with van der Waals surface area (Å²) in [5.74, 6) is 0.395. The van der Waals surface area contributed by atoms with Gasteiger partial charge < -0.3 is 9.64 Å². The van der Waals surface area contributed by atoms with Gasteiger partial charge in [0, 0.05) is 6.54 Å². The first-order valence-corrected chi connectivity index (χ1v) is 7.80. The van der Waals surface area contributed by atoms with Gasteiger partial charge in [0.2, 0.25) is 0 Å². The van der Waals surface area contributed by atoms with Gasteiger partial charge in [-0.3, -0.25) is 10.1 Å². The van der Waals surface area contributed by atoms with E-state index in [0.29, 0.717) is 12.5 Å². The molecule has 2 heterocycles. The lowest BCUT2D eigenvalue weighted by atomic mass is 9.75. The first kappa shape index (κ1) is 13.9. The highest BCUT2D eigenvalue weighted by Gasteiger charge is 2.54. The van der Waals surface area contributed by atoms with Gasteiger partial charge >= 0.3 is 6.03 Å². The molecule has 3 fully saturated rings. The highest BCUT2D eigenvalue weighted by molar-refractivity contribution is 6.07. The molecule has 5 nitrogen and oxygen atoms in total. The third-order valence-electron chi connectivity index (χ3n) is 5.08. The molecule has 0 aromatic carbocycles. The lowest BCUT2D eigenvalue weighted by Crippen LogP contribution is -2.54. The van der Waals surface area contributed by atoms with Crippen molar-refractivity contribution in [1.29, 1.82) is 0 Å². The molecule has 2 saturated heterocycles. The first-order chi connectivity index (χ1) is 9.51. The molecule has 112 valence electrons. The van der Waals surface area contributed by atoms with Crippen molar-refractivity contribution >= 4 is 11.9 Å². The number of carbonyl (C=O) groups is 2. The van der Waals surface area contributed by atoms with Crippen LogP contribution in [-0.2, 0) is 9.53 Å². The summed E-state index contributed by atoms with van der Waals surface area (Å²) < 4.78 is 5.83. The standard InChI is InChI=1S/C15H24N2O3/c1-10-4-3-7-15(8-10)13(18)16-14(19)17(15)9-12-6-5-11(2)20-12/h10-12H,3-9H2,1-2H3,(H,16,18,19). The Balaban J connectivity index is 1.79. The fourth-order valence-electron chi connectivity index (χ4n) is 4.05. The number of hydrogen-bond donors (Lipinski definition) is 1. The van der Waals surface area contributed by atoms with Crippen molar-refractivity contribution in [2.24, 2.45) is 5.92 Å². The predicted molar refractivity (Wildman–Crippen MR) is 74.2 cm³/mol. The maximum atomic E-state index is 12.3. The molecule has 5 heteroatoms. The van der Waals surface area contributed by atoms with Gasteiger partial charge in [0.05, 0.1) is 12.2 Å². The van der Waals surface area contributed by atoms with Crippen molar-refractivity contribution in [2.45, 2.75) is 70.1 Å². The van der Waals surface area contributed by atoms with Gasteiger partial charge in [0.1, 0.15) is 5.54 Å². The minimum Gasteiger partial charge on any atom is -0.373 e. The number of carbonyl (C=O) groups excluding carboxylic acids is 2. The number of nitrogens with zero attached hydrogens (tertiary/aromatic N) is 1. The van der Waals surface area contributed by atoms with Gasteiger partial charge in [0.25, 0.3) is 5.91 Å². The van der Waals surface area contributed by atoms with Gasteiger partial charge in [0.15, 0.2) is 0 Å². The summed E-state index contributed by atoms with van der Waals surface area (Å²) >= 11 is 0. The number of imide groups is 1. The zero-order valence-corrected chi connectivity index (χ0v) is 12.4. The summed E-state index contributed by atoms with van der Waals surface area (Å²) in [6.07, 6.45) is 6.10. The van der Waals surface area contributed by atoms with E-state index >= 15 is 0 Å². The molecule has 4 atom stereocenters. The van der Waals surface area contributed by atoms with E-state index in [9.17, 15) is 9.59 Å². The highest BCUT2D eigenvalue weighted by Crippen LogP contribution is 2.40. The van der Waals surface area contributed by atoms with Crippen LogP contribution in [0.1, 0.15) is 52.4 Å². The van der Waals surface area contributed by atoms with Crippen molar-refractivity contribution in [2.75, 3.05) is 6.54 Å². The van der Waals surface area contributed by atoms with Crippen molar-refractivity contribution in [3.8, 4) is 0 Å². The van der Waals surface area contributed by atoms with E-state index in [1.807, 2.05) is 0 Å². The summed E-state index contributed by atoms with van der Waals surface area (Å²) in [5.41, 5.74) is -0.607. The number of urea groups is 1. The van der Waals surface area contributed by atoms with E-state index in [2.05, 4.69) is 19.2 Å². The molecule has 1 spiro atoms. The topological polar surface area (TPSA) is 58.6 Å². The molecular formula is C15H24N2O3. The number of amides is 3. The van der Waals surface area contributed by atoms with Crippen LogP contribution in [0.2, 0.25) is 0 Å².